The normalized spacial score (nSPS) is 11.0. The fourth-order valence-corrected chi connectivity index (χ4v) is 1.79. The number of aliphatic carboxylic acids is 1. The van der Waals surface area contributed by atoms with Crippen LogP contribution in [0.15, 0.2) is 30.3 Å². The van der Waals surface area contributed by atoms with Gasteiger partial charge in [-0.05, 0) is 25.0 Å². The molecule has 6 nitrogen and oxygen atoms in total. The molecular formula is C18H29NO5. The van der Waals surface area contributed by atoms with Gasteiger partial charge in [-0.25, -0.2) is 0 Å². The van der Waals surface area contributed by atoms with Crippen LogP contribution in [0.2, 0.25) is 0 Å². The summed E-state index contributed by atoms with van der Waals surface area (Å²) in [6.45, 7) is 4.20. The molecule has 0 aliphatic rings. The first-order valence-electron chi connectivity index (χ1n) is 8.33. The summed E-state index contributed by atoms with van der Waals surface area (Å²) in [4.78, 5) is 21.0. The summed E-state index contributed by atoms with van der Waals surface area (Å²) in [6.07, 6.45) is 2.93. The number of carbonyl (C=O) groups excluding carboxylic acids is 1. The largest absolute Gasteiger partial charge is 0.494 e. The van der Waals surface area contributed by atoms with Crippen molar-refractivity contribution in [3.05, 3.63) is 30.3 Å². The van der Waals surface area contributed by atoms with Crippen LogP contribution in [0.1, 0.15) is 46.0 Å². The third-order valence-corrected chi connectivity index (χ3v) is 3.00. The molecule has 24 heavy (non-hydrogen) atoms. The van der Waals surface area contributed by atoms with E-state index >= 15 is 0 Å². The summed E-state index contributed by atoms with van der Waals surface area (Å²) in [5, 5.41) is 19.9. The Morgan fingerprint density at radius 1 is 1.12 bits per heavy atom. The third kappa shape index (κ3) is 12.5. The molecule has 0 saturated heterocycles. The van der Waals surface area contributed by atoms with Crippen LogP contribution in [0.5, 0.6) is 5.75 Å². The lowest BCUT2D eigenvalue weighted by Crippen LogP contribution is -2.38. The SMILES string of the molecule is CCCC(=O)NC(CO)CCOc1ccccc1.CCCC(=O)O. The summed E-state index contributed by atoms with van der Waals surface area (Å²) >= 11 is 0. The van der Waals surface area contributed by atoms with Gasteiger partial charge in [0.25, 0.3) is 0 Å². The van der Waals surface area contributed by atoms with Gasteiger partial charge in [0.1, 0.15) is 5.75 Å². The summed E-state index contributed by atoms with van der Waals surface area (Å²) in [7, 11) is 0. The summed E-state index contributed by atoms with van der Waals surface area (Å²) in [5.74, 6) is 0.0721. The number of carboxylic acid groups (broad SMARTS) is 1. The topological polar surface area (TPSA) is 95.9 Å². The zero-order chi connectivity index (χ0) is 18.2. The second-order valence-corrected chi connectivity index (χ2v) is 5.29. The number of carbonyl (C=O) groups is 2. The van der Waals surface area contributed by atoms with Crippen molar-refractivity contribution in [2.45, 2.75) is 52.0 Å². The van der Waals surface area contributed by atoms with E-state index in [1.807, 2.05) is 44.2 Å². The Morgan fingerprint density at radius 3 is 2.21 bits per heavy atom. The number of rotatable bonds is 10. The van der Waals surface area contributed by atoms with Crippen molar-refractivity contribution >= 4 is 11.9 Å². The molecule has 1 rings (SSSR count). The Kier molecular flexibility index (Phi) is 13.3. The minimum Gasteiger partial charge on any atom is -0.494 e. The molecule has 136 valence electrons. The van der Waals surface area contributed by atoms with E-state index in [2.05, 4.69) is 5.32 Å². The van der Waals surface area contributed by atoms with E-state index in [-0.39, 0.29) is 18.6 Å². The smallest absolute Gasteiger partial charge is 0.303 e. The average molecular weight is 339 g/mol. The molecular weight excluding hydrogens is 310 g/mol. The van der Waals surface area contributed by atoms with Crippen molar-refractivity contribution in [2.24, 2.45) is 0 Å². The number of hydrogen-bond donors (Lipinski definition) is 3. The van der Waals surface area contributed by atoms with Crippen molar-refractivity contribution in [2.75, 3.05) is 13.2 Å². The van der Waals surface area contributed by atoms with Gasteiger partial charge in [-0.3, -0.25) is 9.59 Å². The first-order valence-corrected chi connectivity index (χ1v) is 8.33. The van der Waals surface area contributed by atoms with E-state index in [1.165, 1.54) is 0 Å². The zero-order valence-corrected chi connectivity index (χ0v) is 14.5. The highest BCUT2D eigenvalue weighted by molar-refractivity contribution is 5.76. The molecule has 0 saturated carbocycles. The monoisotopic (exact) mass is 339 g/mol. The molecule has 1 aromatic rings. The number of aliphatic hydroxyl groups excluding tert-OH is 1. The number of ether oxygens (including phenoxy) is 1. The number of amides is 1. The molecule has 0 aliphatic heterocycles. The van der Waals surface area contributed by atoms with Crippen molar-refractivity contribution in [3.8, 4) is 5.75 Å². The number of carboxylic acids is 1. The third-order valence-electron chi connectivity index (χ3n) is 3.00. The molecule has 0 fully saturated rings. The lowest BCUT2D eigenvalue weighted by Gasteiger charge is -2.16. The Morgan fingerprint density at radius 2 is 1.75 bits per heavy atom. The molecule has 3 N–H and O–H groups in total. The maximum atomic E-state index is 11.4. The Balaban J connectivity index is 0.000000754. The molecule has 0 aliphatic carbocycles. The standard InChI is InChI=1S/C14H21NO3.C4H8O2/c1-2-6-14(17)15-12(11-16)9-10-18-13-7-4-3-5-8-13;1-2-3-4(5)6/h3-5,7-8,12,16H,2,6,9-11H2,1H3,(H,15,17);2-3H2,1H3,(H,5,6). The summed E-state index contributed by atoms with van der Waals surface area (Å²) in [5.41, 5.74) is 0. The molecule has 0 bridgehead atoms. The molecule has 0 spiro atoms. The predicted octanol–water partition coefficient (Wildman–Crippen LogP) is 2.60. The van der Waals surface area contributed by atoms with E-state index in [1.54, 1.807) is 0 Å². The van der Waals surface area contributed by atoms with Gasteiger partial charge >= 0.3 is 5.97 Å². The fourth-order valence-electron chi connectivity index (χ4n) is 1.79. The molecule has 1 aromatic carbocycles. The first kappa shape index (κ1) is 21.9. The lowest BCUT2D eigenvalue weighted by molar-refractivity contribution is -0.137. The van der Waals surface area contributed by atoms with Crippen LogP contribution in [0.25, 0.3) is 0 Å². The second kappa shape index (κ2) is 14.5. The minimum absolute atomic E-state index is 0.0174. The summed E-state index contributed by atoms with van der Waals surface area (Å²) < 4.78 is 5.52. The molecule has 6 heteroatoms. The van der Waals surface area contributed by atoms with Crippen molar-refractivity contribution in [3.63, 3.8) is 0 Å². The van der Waals surface area contributed by atoms with E-state index in [0.29, 0.717) is 25.9 Å². The van der Waals surface area contributed by atoms with Gasteiger partial charge in [0, 0.05) is 19.3 Å². The number of nitrogens with one attached hydrogen (secondary N) is 1. The van der Waals surface area contributed by atoms with Crippen LogP contribution >= 0.6 is 0 Å². The number of hydrogen-bond acceptors (Lipinski definition) is 4. The molecule has 0 aromatic heterocycles. The highest BCUT2D eigenvalue weighted by atomic mass is 16.5. The minimum atomic E-state index is -0.711. The van der Waals surface area contributed by atoms with Crippen LogP contribution in [0.3, 0.4) is 0 Å². The lowest BCUT2D eigenvalue weighted by atomic mass is 10.2. The highest BCUT2D eigenvalue weighted by Crippen LogP contribution is 2.08. The Hall–Kier alpha value is -2.08. The molecule has 1 unspecified atom stereocenters. The highest BCUT2D eigenvalue weighted by Gasteiger charge is 2.10. The molecule has 0 radical (unpaired) electrons. The van der Waals surface area contributed by atoms with E-state index in [0.717, 1.165) is 18.6 Å². The van der Waals surface area contributed by atoms with Gasteiger partial charge in [-0.15, -0.1) is 0 Å². The average Bonchev–Trinajstić information content (AvgIpc) is 2.55. The van der Waals surface area contributed by atoms with Gasteiger partial charge in [0.05, 0.1) is 19.3 Å². The van der Waals surface area contributed by atoms with E-state index in [9.17, 15) is 14.7 Å². The van der Waals surface area contributed by atoms with Crippen molar-refractivity contribution in [1.29, 1.82) is 0 Å². The molecule has 0 heterocycles. The van der Waals surface area contributed by atoms with E-state index in [4.69, 9.17) is 9.84 Å². The van der Waals surface area contributed by atoms with Crippen molar-refractivity contribution in [1.82, 2.24) is 5.32 Å². The number of para-hydroxylation sites is 1. The van der Waals surface area contributed by atoms with Crippen LogP contribution in [-0.4, -0.2) is 41.3 Å². The fraction of sp³-hybridized carbons (Fsp3) is 0.556. The first-order chi connectivity index (χ1) is 11.5. The van der Waals surface area contributed by atoms with Gasteiger partial charge in [-0.2, -0.15) is 0 Å². The van der Waals surface area contributed by atoms with E-state index < -0.39 is 5.97 Å². The maximum Gasteiger partial charge on any atom is 0.303 e. The quantitative estimate of drug-likeness (QED) is 0.609. The number of benzene rings is 1. The van der Waals surface area contributed by atoms with Crippen molar-refractivity contribution < 1.29 is 24.5 Å². The van der Waals surface area contributed by atoms with Gasteiger partial charge in [-0.1, -0.05) is 32.0 Å². The van der Waals surface area contributed by atoms with Gasteiger partial charge in [0.15, 0.2) is 0 Å². The Bertz CT molecular complexity index is 450. The van der Waals surface area contributed by atoms with Crippen LogP contribution in [0.4, 0.5) is 0 Å². The van der Waals surface area contributed by atoms with Crippen LogP contribution in [0, 0.1) is 0 Å². The van der Waals surface area contributed by atoms with Gasteiger partial charge < -0.3 is 20.3 Å². The predicted molar refractivity (Wildman–Crippen MR) is 93.0 cm³/mol. The molecule has 1 amide bonds. The second-order valence-electron chi connectivity index (χ2n) is 5.29. The number of aliphatic hydroxyl groups is 1. The summed E-state index contributed by atoms with van der Waals surface area (Å²) in [6, 6.07) is 9.26. The Labute approximate surface area is 143 Å². The van der Waals surface area contributed by atoms with Gasteiger partial charge in [0.2, 0.25) is 5.91 Å². The van der Waals surface area contributed by atoms with Crippen LogP contribution in [-0.2, 0) is 9.59 Å². The van der Waals surface area contributed by atoms with Crippen LogP contribution < -0.4 is 10.1 Å². The molecule has 1 atom stereocenters. The maximum absolute atomic E-state index is 11.4. The zero-order valence-electron chi connectivity index (χ0n) is 14.5.